The highest BCUT2D eigenvalue weighted by molar-refractivity contribution is 5.99. The number of nitriles is 1. The average molecular weight is 488 g/mol. The number of benzene rings is 2. The van der Waals surface area contributed by atoms with Crippen LogP contribution in [-0.4, -0.2) is 56.5 Å². The fourth-order valence-electron chi connectivity index (χ4n) is 3.97. The first-order valence-electron chi connectivity index (χ1n) is 12.1. The molecule has 1 aromatic heterocycles. The van der Waals surface area contributed by atoms with Gasteiger partial charge in [-0.25, -0.2) is 4.98 Å². The smallest absolute Gasteiger partial charge is 0.168 e. The summed E-state index contributed by atoms with van der Waals surface area (Å²) in [6, 6.07) is 18.0. The first kappa shape index (κ1) is 28.5. The van der Waals surface area contributed by atoms with E-state index in [0.29, 0.717) is 29.3 Å². The van der Waals surface area contributed by atoms with Gasteiger partial charge in [0.1, 0.15) is 11.4 Å². The second-order valence-electron chi connectivity index (χ2n) is 8.54. The van der Waals surface area contributed by atoms with Crippen molar-refractivity contribution in [3.8, 4) is 23.1 Å². The number of carbonyl (C=O) groups is 1. The maximum Gasteiger partial charge on any atom is 0.168 e. The summed E-state index contributed by atoms with van der Waals surface area (Å²) in [5.41, 5.74) is 7.70. The van der Waals surface area contributed by atoms with Gasteiger partial charge in [0, 0.05) is 29.1 Å². The van der Waals surface area contributed by atoms with E-state index in [1.807, 2.05) is 42.5 Å². The Morgan fingerprint density at radius 3 is 2.64 bits per heavy atom. The van der Waals surface area contributed by atoms with Gasteiger partial charge < -0.3 is 20.7 Å². The molecule has 2 aromatic carbocycles. The van der Waals surface area contributed by atoms with Crippen molar-refractivity contribution in [2.24, 2.45) is 5.73 Å². The minimum atomic E-state index is 0.328. The van der Waals surface area contributed by atoms with Gasteiger partial charge in [-0.05, 0) is 70.1 Å². The number of aldehydes is 1. The number of nitrogens with two attached hydrogens (primary N) is 1. The molecule has 0 spiro atoms. The number of fused-ring (bicyclic) bond motifs is 1. The quantitative estimate of drug-likeness (QED) is 0.360. The molecule has 0 radical (unpaired) electrons. The number of piperidine rings is 1. The predicted octanol–water partition coefficient (Wildman–Crippen LogP) is 5.28. The minimum Gasteiger partial charge on any atom is -0.495 e. The van der Waals surface area contributed by atoms with Crippen LogP contribution in [0.3, 0.4) is 0 Å². The van der Waals surface area contributed by atoms with Crippen molar-refractivity contribution in [3.63, 3.8) is 0 Å². The first-order valence-corrected chi connectivity index (χ1v) is 12.1. The van der Waals surface area contributed by atoms with Crippen LogP contribution in [0.5, 0.6) is 5.75 Å². The number of nitrogens with one attached hydrogen (secondary N) is 1. The van der Waals surface area contributed by atoms with E-state index in [4.69, 9.17) is 10.00 Å². The lowest BCUT2D eigenvalue weighted by molar-refractivity contribution is 0.111. The van der Waals surface area contributed by atoms with Crippen LogP contribution >= 0.6 is 0 Å². The van der Waals surface area contributed by atoms with E-state index in [-0.39, 0.29) is 0 Å². The van der Waals surface area contributed by atoms with Gasteiger partial charge in [0.05, 0.1) is 24.6 Å². The standard InChI is InChI=1S/C21H17N3O2.C7H15N.CH5N/c1-14(11-22)12-23-21-18-10-16(19-5-3-4-17(13-25)24-19)7-6-15(18)8-9-20(21)26-2;1-7-5-3-4-6-8(7)2;1-2/h3-10,13,23H,1,12H2,2H3;7H,3-6H2,1-2H3;2H2,1H3. The molecule has 4 rings (SSSR count). The summed E-state index contributed by atoms with van der Waals surface area (Å²) in [6.45, 7) is 7.64. The Morgan fingerprint density at radius 2 is 2.03 bits per heavy atom. The van der Waals surface area contributed by atoms with Gasteiger partial charge in [0.25, 0.3) is 0 Å². The Hall–Kier alpha value is -3.73. The van der Waals surface area contributed by atoms with Crippen LogP contribution in [0.4, 0.5) is 5.69 Å². The van der Waals surface area contributed by atoms with Crippen molar-refractivity contribution < 1.29 is 9.53 Å². The second-order valence-corrected chi connectivity index (χ2v) is 8.54. The number of likely N-dealkylation sites (tertiary alicyclic amines) is 1. The summed E-state index contributed by atoms with van der Waals surface area (Å²) in [6.07, 6.45) is 4.97. The fraction of sp³-hybridized carbons (Fsp3) is 0.345. The zero-order chi connectivity index (χ0) is 26.5. The average Bonchev–Trinajstić information content (AvgIpc) is 2.94. The predicted molar refractivity (Wildman–Crippen MR) is 148 cm³/mol. The minimum absolute atomic E-state index is 0.328. The molecule has 0 saturated carbocycles. The summed E-state index contributed by atoms with van der Waals surface area (Å²) in [5, 5.41) is 14.1. The third-order valence-electron chi connectivity index (χ3n) is 6.16. The van der Waals surface area contributed by atoms with E-state index in [0.717, 1.165) is 34.4 Å². The molecule has 2 heterocycles. The van der Waals surface area contributed by atoms with Crippen LogP contribution in [0, 0.1) is 11.3 Å². The van der Waals surface area contributed by atoms with Crippen molar-refractivity contribution in [2.45, 2.75) is 32.2 Å². The lowest BCUT2D eigenvalue weighted by Gasteiger charge is -2.29. The fourth-order valence-corrected chi connectivity index (χ4v) is 3.97. The number of carbonyl (C=O) groups excluding carboxylic acids is 1. The van der Waals surface area contributed by atoms with Gasteiger partial charge in [-0.15, -0.1) is 0 Å². The highest BCUT2D eigenvalue weighted by atomic mass is 16.5. The van der Waals surface area contributed by atoms with Crippen LogP contribution in [0.1, 0.15) is 36.7 Å². The molecular formula is C29H37N5O2. The summed E-state index contributed by atoms with van der Waals surface area (Å²) < 4.78 is 5.46. The number of nitrogens with zero attached hydrogens (tertiary/aromatic N) is 3. The molecule has 1 saturated heterocycles. The molecule has 0 bridgehead atoms. The summed E-state index contributed by atoms with van der Waals surface area (Å²) in [7, 11) is 5.31. The zero-order valence-corrected chi connectivity index (χ0v) is 21.8. The molecule has 1 aliphatic rings. The molecule has 1 fully saturated rings. The van der Waals surface area contributed by atoms with Crippen molar-refractivity contribution in [3.05, 3.63) is 66.4 Å². The number of hydrogen-bond acceptors (Lipinski definition) is 7. The van der Waals surface area contributed by atoms with Gasteiger partial charge in [-0.2, -0.15) is 5.26 Å². The number of methoxy groups -OCH3 is 1. The molecule has 7 nitrogen and oxygen atoms in total. The largest absolute Gasteiger partial charge is 0.495 e. The van der Waals surface area contributed by atoms with Crippen LogP contribution in [-0.2, 0) is 0 Å². The van der Waals surface area contributed by atoms with Crippen LogP contribution in [0.15, 0.2) is 60.7 Å². The number of pyridine rings is 1. The number of rotatable bonds is 6. The van der Waals surface area contributed by atoms with E-state index in [1.165, 1.54) is 32.9 Å². The van der Waals surface area contributed by atoms with Gasteiger partial charge in [-0.1, -0.05) is 37.3 Å². The van der Waals surface area contributed by atoms with Crippen LogP contribution < -0.4 is 15.8 Å². The molecule has 1 aliphatic heterocycles. The Bertz CT molecular complexity index is 1190. The van der Waals surface area contributed by atoms with Crippen molar-refractivity contribution in [2.75, 3.05) is 39.6 Å². The van der Waals surface area contributed by atoms with Crippen LogP contribution in [0.25, 0.3) is 22.0 Å². The molecule has 36 heavy (non-hydrogen) atoms. The van der Waals surface area contributed by atoms with E-state index in [1.54, 1.807) is 19.2 Å². The lowest BCUT2D eigenvalue weighted by atomic mass is 10.0. The summed E-state index contributed by atoms with van der Waals surface area (Å²) >= 11 is 0. The van der Waals surface area contributed by atoms with Gasteiger partial charge in [0.2, 0.25) is 0 Å². The number of hydrogen-bond donors (Lipinski definition) is 2. The number of aromatic nitrogens is 1. The Labute approximate surface area is 214 Å². The number of anilines is 1. The molecule has 1 unspecified atom stereocenters. The van der Waals surface area contributed by atoms with Gasteiger partial charge >= 0.3 is 0 Å². The molecule has 7 heteroatoms. The SMILES string of the molecule is C=C(C#N)CNc1c(OC)ccc2ccc(-c3cccc(C=O)n3)cc12.CC1CCCCN1C.CN. The van der Waals surface area contributed by atoms with Crippen molar-refractivity contribution in [1.29, 1.82) is 5.26 Å². The highest BCUT2D eigenvalue weighted by Gasteiger charge is 2.13. The van der Waals surface area contributed by atoms with Gasteiger partial charge in [0.15, 0.2) is 6.29 Å². The molecule has 3 N–H and O–H groups in total. The summed E-state index contributed by atoms with van der Waals surface area (Å²) in [5.74, 6) is 0.676. The number of ether oxygens (including phenoxy) is 1. The molecular weight excluding hydrogens is 450 g/mol. The summed E-state index contributed by atoms with van der Waals surface area (Å²) in [4.78, 5) is 17.8. The lowest BCUT2D eigenvalue weighted by Crippen LogP contribution is -2.33. The molecule has 3 aromatic rings. The molecule has 0 aliphatic carbocycles. The van der Waals surface area contributed by atoms with E-state index in [2.05, 4.69) is 41.5 Å². The maximum atomic E-state index is 11.0. The van der Waals surface area contributed by atoms with E-state index in [9.17, 15) is 4.79 Å². The molecule has 190 valence electrons. The first-order chi connectivity index (χ1) is 17.5. The van der Waals surface area contributed by atoms with Crippen molar-refractivity contribution >= 4 is 22.7 Å². The third-order valence-corrected chi connectivity index (χ3v) is 6.16. The molecule has 0 amide bonds. The zero-order valence-electron chi connectivity index (χ0n) is 21.8. The Kier molecular flexibility index (Phi) is 11.6. The van der Waals surface area contributed by atoms with E-state index >= 15 is 0 Å². The van der Waals surface area contributed by atoms with Gasteiger partial charge in [-0.3, -0.25) is 4.79 Å². The monoisotopic (exact) mass is 487 g/mol. The van der Waals surface area contributed by atoms with Crippen molar-refractivity contribution in [1.82, 2.24) is 9.88 Å². The Balaban J connectivity index is 0.000000384. The highest BCUT2D eigenvalue weighted by Crippen LogP contribution is 2.35. The maximum absolute atomic E-state index is 11.0. The third kappa shape index (κ3) is 7.64. The normalized spacial score (nSPS) is 14.8. The Morgan fingerprint density at radius 1 is 1.28 bits per heavy atom. The molecule has 1 atom stereocenters. The topological polar surface area (TPSA) is 104 Å². The second kappa shape index (κ2) is 14.6. The van der Waals surface area contributed by atoms with E-state index < -0.39 is 0 Å². The van der Waals surface area contributed by atoms with Crippen LogP contribution in [0.2, 0.25) is 0 Å².